The zero-order valence-electron chi connectivity index (χ0n) is 10.7. The number of rotatable bonds is 1. The first-order valence-electron chi connectivity index (χ1n) is 5.82. The quantitative estimate of drug-likeness (QED) is 0.685. The molecule has 2 aromatic heterocycles. The largest absolute Gasteiger partial charge is 0.382 e. The molecular formula is C13H15N5. The second kappa shape index (κ2) is 3.60. The number of nitrogen functional groups attached to an aromatic ring is 1. The van der Waals surface area contributed by atoms with Gasteiger partial charge in [0.05, 0.1) is 11.0 Å². The Balaban J connectivity index is 2.26. The molecule has 3 rings (SSSR count). The monoisotopic (exact) mass is 241 g/mol. The molecule has 5 nitrogen and oxygen atoms in total. The van der Waals surface area contributed by atoms with Gasteiger partial charge in [0.25, 0.3) is 0 Å². The van der Waals surface area contributed by atoms with Crippen LogP contribution in [-0.4, -0.2) is 19.7 Å². The first kappa shape index (κ1) is 10.8. The molecule has 1 aromatic carbocycles. The van der Waals surface area contributed by atoms with Gasteiger partial charge in [-0.15, -0.1) is 0 Å². The topological polar surface area (TPSA) is 72.5 Å². The Kier molecular flexibility index (Phi) is 2.16. The number of imidazole rings is 1. The Morgan fingerprint density at radius 1 is 1.28 bits per heavy atom. The van der Waals surface area contributed by atoms with Crippen molar-refractivity contribution >= 4 is 16.9 Å². The molecular weight excluding hydrogens is 226 g/mol. The molecule has 0 amide bonds. The highest BCUT2D eigenvalue weighted by Gasteiger charge is 2.12. The summed E-state index contributed by atoms with van der Waals surface area (Å²) in [5, 5.41) is 6.92. The van der Waals surface area contributed by atoms with Crippen molar-refractivity contribution in [3.05, 3.63) is 29.7 Å². The van der Waals surface area contributed by atoms with Crippen molar-refractivity contribution in [3.8, 4) is 11.1 Å². The Morgan fingerprint density at radius 3 is 2.72 bits per heavy atom. The number of hydrogen-bond acceptors (Lipinski definition) is 3. The van der Waals surface area contributed by atoms with Crippen LogP contribution in [0, 0.1) is 13.8 Å². The summed E-state index contributed by atoms with van der Waals surface area (Å²) in [5.74, 6) is 1.53. The maximum Gasteiger partial charge on any atom is 0.153 e. The Labute approximate surface area is 105 Å². The molecule has 5 heteroatoms. The fourth-order valence-corrected chi connectivity index (χ4v) is 2.29. The number of hydrogen-bond donors (Lipinski definition) is 2. The van der Waals surface area contributed by atoms with Crippen LogP contribution in [0.4, 0.5) is 5.82 Å². The summed E-state index contributed by atoms with van der Waals surface area (Å²) >= 11 is 0. The Hall–Kier alpha value is -2.30. The molecule has 3 aromatic rings. The van der Waals surface area contributed by atoms with Gasteiger partial charge < -0.3 is 10.3 Å². The van der Waals surface area contributed by atoms with E-state index in [0.717, 1.165) is 33.7 Å². The van der Waals surface area contributed by atoms with Crippen molar-refractivity contribution in [3.63, 3.8) is 0 Å². The van der Waals surface area contributed by atoms with Crippen LogP contribution in [0.25, 0.3) is 22.2 Å². The van der Waals surface area contributed by atoms with Crippen molar-refractivity contribution in [1.82, 2.24) is 19.7 Å². The molecule has 0 unspecified atom stereocenters. The average molecular weight is 241 g/mol. The Morgan fingerprint density at radius 2 is 2.06 bits per heavy atom. The number of H-pyrrole nitrogens is 1. The van der Waals surface area contributed by atoms with Crippen LogP contribution in [0.15, 0.2) is 18.2 Å². The van der Waals surface area contributed by atoms with Crippen LogP contribution in [0.3, 0.4) is 0 Å². The van der Waals surface area contributed by atoms with Crippen LogP contribution in [0.5, 0.6) is 0 Å². The van der Waals surface area contributed by atoms with Crippen molar-refractivity contribution in [2.45, 2.75) is 13.8 Å². The molecule has 0 aliphatic heterocycles. The van der Waals surface area contributed by atoms with Gasteiger partial charge in [-0.2, -0.15) is 5.10 Å². The summed E-state index contributed by atoms with van der Waals surface area (Å²) in [6, 6.07) is 6.17. The third-order valence-electron chi connectivity index (χ3n) is 3.37. The van der Waals surface area contributed by atoms with E-state index in [4.69, 9.17) is 5.73 Å². The Bertz CT molecular complexity index is 716. The van der Waals surface area contributed by atoms with Gasteiger partial charge in [0.1, 0.15) is 5.82 Å². The van der Waals surface area contributed by atoms with Crippen molar-refractivity contribution in [1.29, 1.82) is 0 Å². The van der Waals surface area contributed by atoms with E-state index in [2.05, 4.69) is 37.9 Å². The van der Waals surface area contributed by atoms with Crippen molar-refractivity contribution < 1.29 is 0 Å². The number of aromatic amines is 1. The number of nitrogens with zero attached hydrogens (tertiary/aromatic N) is 3. The minimum absolute atomic E-state index is 0.527. The smallest absolute Gasteiger partial charge is 0.153 e. The summed E-state index contributed by atoms with van der Waals surface area (Å²) in [6.45, 7) is 3.96. The summed E-state index contributed by atoms with van der Waals surface area (Å²) in [5.41, 5.74) is 11.0. The molecule has 0 saturated heterocycles. The van der Waals surface area contributed by atoms with Gasteiger partial charge in [-0.1, -0.05) is 6.07 Å². The lowest BCUT2D eigenvalue weighted by atomic mass is 10.1. The molecule has 0 atom stereocenters. The van der Waals surface area contributed by atoms with Gasteiger partial charge in [0.15, 0.2) is 5.82 Å². The van der Waals surface area contributed by atoms with Crippen LogP contribution in [-0.2, 0) is 7.05 Å². The molecule has 0 fully saturated rings. The first-order valence-corrected chi connectivity index (χ1v) is 5.82. The van der Waals surface area contributed by atoms with E-state index in [1.807, 2.05) is 20.9 Å². The predicted octanol–water partition coefficient (Wildman–Crippen LogP) is 2.16. The van der Waals surface area contributed by atoms with E-state index < -0.39 is 0 Å². The molecule has 0 aliphatic rings. The van der Waals surface area contributed by atoms with E-state index in [1.54, 1.807) is 0 Å². The number of benzene rings is 1. The van der Waals surface area contributed by atoms with Gasteiger partial charge in [-0.25, -0.2) is 4.98 Å². The molecule has 2 heterocycles. The molecule has 0 radical (unpaired) electrons. The highest BCUT2D eigenvalue weighted by molar-refractivity contribution is 5.86. The normalized spacial score (nSPS) is 11.3. The SMILES string of the molecule is Cc1[nH]nc(N)c1-c1ccc2c(c1)nc(C)n2C. The van der Waals surface area contributed by atoms with Crippen LogP contribution >= 0.6 is 0 Å². The van der Waals surface area contributed by atoms with E-state index >= 15 is 0 Å². The molecule has 3 N–H and O–H groups in total. The summed E-state index contributed by atoms with van der Waals surface area (Å²) in [6.07, 6.45) is 0. The fraction of sp³-hybridized carbons (Fsp3) is 0.231. The van der Waals surface area contributed by atoms with Crippen LogP contribution < -0.4 is 5.73 Å². The summed E-state index contributed by atoms with van der Waals surface area (Å²) < 4.78 is 2.07. The minimum atomic E-state index is 0.527. The number of anilines is 1. The number of aryl methyl sites for hydroxylation is 3. The molecule has 0 bridgehead atoms. The molecule has 18 heavy (non-hydrogen) atoms. The summed E-state index contributed by atoms with van der Waals surface area (Å²) in [4.78, 5) is 4.53. The molecule has 92 valence electrons. The third kappa shape index (κ3) is 1.40. The van der Waals surface area contributed by atoms with Crippen LogP contribution in [0.1, 0.15) is 11.5 Å². The second-order valence-electron chi connectivity index (χ2n) is 4.53. The minimum Gasteiger partial charge on any atom is -0.382 e. The van der Waals surface area contributed by atoms with Crippen molar-refractivity contribution in [2.75, 3.05) is 5.73 Å². The maximum absolute atomic E-state index is 5.88. The maximum atomic E-state index is 5.88. The fourth-order valence-electron chi connectivity index (χ4n) is 2.29. The van der Waals surface area contributed by atoms with Gasteiger partial charge in [-0.3, -0.25) is 5.10 Å². The van der Waals surface area contributed by atoms with Gasteiger partial charge in [0.2, 0.25) is 0 Å². The van der Waals surface area contributed by atoms with Gasteiger partial charge in [0, 0.05) is 18.3 Å². The standard InChI is InChI=1S/C13H15N5/c1-7-12(13(14)17-16-7)9-4-5-11-10(6-9)15-8(2)18(11)3/h4-6H,1-3H3,(H3,14,16,17). The number of nitrogens with one attached hydrogen (secondary N) is 1. The third-order valence-corrected chi connectivity index (χ3v) is 3.37. The van der Waals surface area contributed by atoms with Gasteiger partial charge >= 0.3 is 0 Å². The van der Waals surface area contributed by atoms with Crippen molar-refractivity contribution in [2.24, 2.45) is 7.05 Å². The highest BCUT2D eigenvalue weighted by atomic mass is 15.2. The van der Waals surface area contributed by atoms with Crippen LogP contribution in [0.2, 0.25) is 0 Å². The van der Waals surface area contributed by atoms with E-state index in [-0.39, 0.29) is 0 Å². The number of fused-ring (bicyclic) bond motifs is 1. The predicted molar refractivity (Wildman–Crippen MR) is 72.2 cm³/mol. The average Bonchev–Trinajstić information content (AvgIpc) is 2.81. The molecule has 0 saturated carbocycles. The lowest BCUT2D eigenvalue weighted by Crippen LogP contribution is -1.90. The zero-order chi connectivity index (χ0) is 12.9. The molecule has 0 aliphatic carbocycles. The second-order valence-corrected chi connectivity index (χ2v) is 4.53. The first-order chi connectivity index (χ1) is 8.58. The van der Waals surface area contributed by atoms with Gasteiger partial charge in [-0.05, 0) is 31.5 Å². The zero-order valence-corrected chi connectivity index (χ0v) is 10.7. The number of nitrogens with two attached hydrogens (primary N) is 1. The lowest BCUT2D eigenvalue weighted by molar-refractivity contribution is 0.886. The molecule has 0 spiro atoms. The summed E-state index contributed by atoms with van der Waals surface area (Å²) in [7, 11) is 2.02. The lowest BCUT2D eigenvalue weighted by Gasteiger charge is -2.02. The highest BCUT2D eigenvalue weighted by Crippen LogP contribution is 2.29. The van der Waals surface area contributed by atoms with E-state index in [1.165, 1.54) is 0 Å². The number of aromatic nitrogens is 4. The van der Waals surface area contributed by atoms with E-state index in [9.17, 15) is 0 Å². The van der Waals surface area contributed by atoms with E-state index in [0.29, 0.717) is 5.82 Å².